The van der Waals surface area contributed by atoms with Gasteiger partial charge < -0.3 is 23.4 Å². The first-order chi connectivity index (χ1) is 15.0. The number of aryl methyl sites for hydroxylation is 1. The van der Waals surface area contributed by atoms with Crippen molar-refractivity contribution in [2.24, 2.45) is 0 Å². The first-order valence-corrected chi connectivity index (χ1v) is 10.6. The van der Waals surface area contributed by atoms with Crippen molar-refractivity contribution in [1.82, 2.24) is 0 Å². The van der Waals surface area contributed by atoms with Gasteiger partial charge in [0, 0.05) is 33.5 Å². The lowest BCUT2D eigenvalue weighted by Crippen LogP contribution is -2.16. The molecule has 0 spiro atoms. The fourth-order valence-electron chi connectivity index (χ4n) is 3.46. The number of ether oxygens (including phenoxy) is 4. The molecule has 2 heterocycles. The summed E-state index contributed by atoms with van der Waals surface area (Å²) in [6.07, 6.45) is 0.298. The van der Waals surface area contributed by atoms with Crippen LogP contribution in [-0.2, 0) is 22.6 Å². The molecule has 0 saturated carbocycles. The van der Waals surface area contributed by atoms with Crippen LogP contribution >= 0.6 is 15.9 Å². The Kier molecular flexibility index (Phi) is 6.18. The largest absolute Gasteiger partial charge is 0.497 e. The molecule has 0 N–H and O–H groups in total. The molecule has 4 rings (SSSR count). The van der Waals surface area contributed by atoms with Crippen LogP contribution in [0.25, 0.3) is 11.0 Å². The van der Waals surface area contributed by atoms with Gasteiger partial charge in [-0.3, -0.25) is 4.79 Å². The summed E-state index contributed by atoms with van der Waals surface area (Å²) < 4.78 is 27.9. The molecule has 0 unspecified atom stereocenters. The van der Waals surface area contributed by atoms with Crippen molar-refractivity contribution in [2.45, 2.75) is 26.4 Å². The smallest absolute Gasteiger partial charge is 0.339 e. The van der Waals surface area contributed by atoms with Crippen LogP contribution in [0, 0.1) is 6.92 Å². The maximum absolute atomic E-state index is 12.4. The first kappa shape index (κ1) is 21.2. The van der Waals surface area contributed by atoms with Gasteiger partial charge in [0.2, 0.25) is 0 Å². The normalized spacial score (nSPS) is 12.6. The molecule has 0 amide bonds. The molecule has 0 saturated heterocycles. The Morgan fingerprint density at radius 1 is 1.13 bits per heavy atom. The van der Waals surface area contributed by atoms with Crippen LogP contribution < -0.4 is 19.8 Å². The lowest BCUT2D eigenvalue weighted by atomic mass is 10.0. The van der Waals surface area contributed by atoms with E-state index in [0.29, 0.717) is 41.6 Å². The average Bonchev–Trinajstić information content (AvgIpc) is 2.77. The molecule has 3 aromatic rings. The number of benzene rings is 2. The zero-order valence-corrected chi connectivity index (χ0v) is 18.7. The van der Waals surface area contributed by atoms with Gasteiger partial charge in [-0.15, -0.1) is 0 Å². The Morgan fingerprint density at radius 2 is 1.87 bits per heavy atom. The Morgan fingerprint density at radius 3 is 2.61 bits per heavy atom. The van der Waals surface area contributed by atoms with E-state index in [4.69, 9.17) is 23.4 Å². The van der Waals surface area contributed by atoms with Gasteiger partial charge in [0.1, 0.15) is 31.2 Å². The van der Waals surface area contributed by atoms with E-state index in [0.717, 1.165) is 21.0 Å². The number of carbonyl (C=O) groups excluding carboxylic acids is 1. The summed E-state index contributed by atoms with van der Waals surface area (Å²) in [5.74, 6) is 1.48. The van der Waals surface area contributed by atoms with Crippen molar-refractivity contribution in [1.29, 1.82) is 0 Å². The minimum Gasteiger partial charge on any atom is -0.497 e. The van der Waals surface area contributed by atoms with Crippen molar-refractivity contribution in [3.05, 3.63) is 61.9 Å². The predicted octanol–water partition coefficient (Wildman–Crippen LogP) is 4.32. The van der Waals surface area contributed by atoms with E-state index in [1.807, 2.05) is 13.0 Å². The van der Waals surface area contributed by atoms with Crippen LogP contribution in [0.1, 0.15) is 23.1 Å². The van der Waals surface area contributed by atoms with Crippen molar-refractivity contribution in [3.8, 4) is 17.2 Å². The van der Waals surface area contributed by atoms with Gasteiger partial charge in [-0.05, 0) is 43.2 Å². The third-order valence-electron chi connectivity index (χ3n) is 5.17. The summed E-state index contributed by atoms with van der Waals surface area (Å²) in [6, 6.07) is 8.91. The van der Waals surface area contributed by atoms with E-state index < -0.39 is 11.6 Å². The number of methoxy groups -OCH3 is 1. The minimum atomic E-state index is -0.458. The molecule has 2 aromatic carbocycles. The van der Waals surface area contributed by atoms with Gasteiger partial charge in [0.15, 0.2) is 11.5 Å². The molecular formula is C23H21BrO7. The second-order valence-corrected chi connectivity index (χ2v) is 7.96. The van der Waals surface area contributed by atoms with Gasteiger partial charge in [0.05, 0.1) is 7.11 Å². The second-order valence-electron chi connectivity index (χ2n) is 7.10. The molecule has 0 aliphatic carbocycles. The maximum Gasteiger partial charge on any atom is 0.339 e. The highest BCUT2D eigenvalue weighted by Crippen LogP contribution is 2.35. The number of halogens is 1. The summed E-state index contributed by atoms with van der Waals surface area (Å²) >= 11 is 3.46. The SMILES string of the molecule is COc1ccc2c(C)c(CCC(=O)OCc3cc4c(cc3Br)OCCO4)c(=O)oc2c1. The van der Waals surface area contributed by atoms with Gasteiger partial charge in [-0.1, -0.05) is 15.9 Å². The standard InChI is InChI=1S/C23H21BrO7/c1-13-16-4-3-15(27-2)10-19(16)31-23(26)17(13)5-6-22(25)30-12-14-9-20-21(11-18(14)24)29-8-7-28-20/h3-4,9-11H,5-8,12H2,1-2H3. The van der Waals surface area contributed by atoms with Gasteiger partial charge in [0.25, 0.3) is 0 Å². The summed E-state index contributed by atoms with van der Waals surface area (Å²) in [5, 5.41) is 0.809. The number of carbonyl (C=O) groups is 1. The molecule has 0 atom stereocenters. The summed E-state index contributed by atoms with van der Waals surface area (Å²) in [7, 11) is 1.55. The summed E-state index contributed by atoms with van der Waals surface area (Å²) in [6.45, 7) is 2.91. The molecule has 0 fully saturated rings. The van der Waals surface area contributed by atoms with Crippen LogP contribution in [0.5, 0.6) is 17.2 Å². The van der Waals surface area contributed by atoms with Gasteiger partial charge in [-0.2, -0.15) is 0 Å². The van der Waals surface area contributed by atoms with E-state index in [1.54, 1.807) is 31.4 Å². The van der Waals surface area contributed by atoms with Crippen LogP contribution in [0.2, 0.25) is 0 Å². The molecule has 7 nitrogen and oxygen atoms in total. The highest BCUT2D eigenvalue weighted by molar-refractivity contribution is 9.10. The monoisotopic (exact) mass is 488 g/mol. The highest BCUT2D eigenvalue weighted by Gasteiger charge is 2.17. The minimum absolute atomic E-state index is 0.0649. The quantitative estimate of drug-likeness (QED) is 0.377. The number of rotatable bonds is 6. The first-order valence-electron chi connectivity index (χ1n) is 9.80. The Balaban J connectivity index is 1.42. The molecule has 0 radical (unpaired) electrons. The Hall–Kier alpha value is -3.00. The van der Waals surface area contributed by atoms with Crippen LogP contribution in [0.4, 0.5) is 0 Å². The fourth-order valence-corrected chi connectivity index (χ4v) is 3.90. The van der Waals surface area contributed by atoms with Crippen LogP contribution in [-0.4, -0.2) is 26.3 Å². The van der Waals surface area contributed by atoms with Crippen molar-refractivity contribution >= 4 is 32.9 Å². The average molecular weight is 489 g/mol. The zero-order chi connectivity index (χ0) is 22.0. The van der Waals surface area contributed by atoms with E-state index in [2.05, 4.69) is 15.9 Å². The lowest BCUT2D eigenvalue weighted by Gasteiger charge is -2.19. The van der Waals surface area contributed by atoms with Gasteiger partial charge in [-0.25, -0.2) is 4.79 Å². The number of hydrogen-bond acceptors (Lipinski definition) is 7. The Labute approximate surface area is 187 Å². The Bertz CT molecular complexity index is 1200. The maximum atomic E-state index is 12.4. The lowest BCUT2D eigenvalue weighted by molar-refractivity contribution is -0.144. The van der Waals surface area contributed by atoms with E-state index in [1.165, 1.54) is 0 Å². The number of hydrogen-bond donors (Lipinski definition) is 0. The molecule has 1 aliphatic heterocycles. The molecule has 162 valence electrons. The van der Waals surface area contributed by atoms with Gasteiger partial charge >= 0.3 is 11.6 Å². The second kappa shape index (κ2) is 9.01. The van der Waals surface area contributed by atoms with Crippen LogP contribution in [0.3, 0.4) is 0 Å². The molecule has 8 heteroatoms. The fraction of sp³-hybridized carbons (Fsp3) is 0.304. The third-order valence-corrected chi connectivity index (χ3v) is 5.91. The molecule has 31 heavy (non-hydrogen) atoms. The zero-order valence-electron chi connectivity index (χ0n) is 17.2. The number of esters is 1. The molecular weight excluding hydrogens is 468 g/mol. The molecule has 1 aromatic heterocycles. The predicted molar refractivity (Wildman–Crippen MR) is 117 cm³/mol. The van der Waals surface area contributed by atoms with Crippen molar-refractivity contribution in [3.63, 3.8) is 0 Å². The third kappa shape index (κ3) is 4.54. The topological polar surface area (TPSA) is 84.2 Å². The van der Waals surface area contributed by atoms with Crippen LogP contribution in [0.15, 0.2) is 44.0 Å². The molecule has 1 aliphatic rings. The van der Waals surface area contributed by atoms with Crippen molar-refractivity contribution < 1.29 is 28.2 Å². The van der Waals surface area contributed by atoms with E-state index in [9.17, 15) is 9.59 Å². The van der Waals surface area contributed by atoms with E-state index >= 15 is 0 Å². The summed E-state index contributed by atoms with van der Waals surface area (Å²) in [4.78, 5) is 24.8. The number of fused-ring (bicyclic) bond motifs is 2. The highest BCUT2D eigenvalue weighted by atomic mass is 79.9. The van der Waals surface area contributed by atoms with Crippen molar-refractivity contribution in [2.75, 3.05) is 20.3 Å². The molecule has 0 bridgehead atoms. The summed E-state index contributed by atoms with van der Waals surface area (Å²) in [5.41, 5.74) is 2.02. The van der Waals surface area contributed by atoms with E-state index in [-0.39, 0.29) is 19.4 Å².